The minimum absolute atomic E-state index is 0.0928. The molecule has 1 aliphatic heterocycles. The minimum atomic E-state index is -0.762. The molecule has 0 amide bonds. The van der Waals surface area contributed by atoms with Crippen molar-refractivity contribution < 1.29 is 8.60 Å². The molecule has 2 nitrogen and oxygen atoms in total. The molecule has 15 heavy (non-hydrogen) atoms. The lowest BCUT2D eigenvalue weighted by molar-refractivity contribution is 0.489. The summed E-state index contributed by atoms with van der Waals surface area (Å²) >= 11 is 0. The molecular formula is C11H14FNOS. The number of nitrogens with one attached hydrogen (secondary N) is 1. The summed E-state index contributed by atoms with van der Waals surface area (Å²) in [5.74, 6) is 1.09. The highest BCUT2D eigenvalue weighted by Gasteiger charge is 2.23. The Morgan fingerprint density at radius 3 is 2.60 bits per heavy atom. The zero-order chi connectivity index (χ0) is 10.8. The van der Waals surface area contributed by atoms with Crippen LogP contribution in [0.2, 0.25) is 0 Å². The Morgan fingerprint density at radius 2 is 2.00 bits per heavy atom. The fraction of sp³-hybridized carbons (Fsp3) is 0.455. The first-order valence-electron chi connectivity index (χ1n) is 5.01. The van der Waals surface area contributed by atoms with Gasteiger partial charge >= 0.3 is 0 Å². The molecule has 0 spiro atoms. The molecule has 1 N–H and O–H groups in total. The van der Waals surface area contributed by atoms with E-state index in [1.54, 1.807) is 12.1 Å². The van der Waals surface area contributed by atoms with Crippen molar-refractivity contribution in [3.63, 3.8) is 0 Å². The van der Waals surface area contributed by atoms with Crippen molar-refractivity contribution in [3.05, 3.63) is 35.6 Å². The van der Waals surface area contributed by atoms with Gasteiger partial charge in [0.1, 0.15) is 5.82 Å². The van der Waals surface area contributed by atoms with Gasteiger partial charge in [-0.15, -0.1) is 0 Å². The molecule has 1 aromatic rings. The van der Waals surface area contributed by atoms with Crippen LogP contribution in [0.5, 0.6) is 0 Å². The van der Waals surface area contributed by atoms with E-state index in [1.807, 2.05) is 6.92 Å². The van der Waals surface area contributed by atoms with E-state index < -0.39 is 10.8 Å². The van der Waals surface area contributed by atoms with Crippen LogP contribution in [-0.4, -0.2) is 21.8 Å². The molecule has 82 valence electrons. The second-order valence-corrected chi connectivity index (χ2v) is 5.49. The van der Waals surface area contributed by atoms with Crippen molar-refractivity contribution in [2.24, 2.45) is 0 Å². The normalized spacial score (nSPS) is 31.5. The monoisotopic (exact) mass is 227 g/mol. The Hall–Kier alpha value is -0.740. The van der Waals surface area contributed by atoms with Gasteiger partial charge in [-0.25, -0.2) is 4.39 Å². The number of benzene rings is 1. The quantitative estimate of drug-likeness (QED) is 0.789. The topological polar surface area (TPSA) is 29.1 Å². The molecule has 0 saturated carbocycles. The zero-order valence-electron chi connectivity index (χ0n) is 8.57. The Morgan fingerprint density at radius 1 is 1.33 bits per heavy atom. The third kappa shape index (κ3) is 2.63. The van der Waals surface area contributed by atoms with Gasteiger partial charge in [0, 0.05) is 34.4 Å². The SMILES string of the molecule is CC1CS(=O)CC(c2ccc(F)cc2)N1. The Bertz CT molecular complexity index is 365. The van der Waals surface area contributed by atoms with Gasteiger partial charge < -0.3 is 5.32 Å². The average molecular weight is 227 g/mol. The van der Waals surface area contributed by atoms with Gasteiger partial charge in [0.2, 0.25) is 0 Å². The van der Waals surface area contributed by atoms with Crippen LogP contribution in [0.3, 0.4) is 0 Å². The van der Waals surface area contributed by atoms with Gasteiger partial charge in [0.05, 0.1) is 0 Å². The predicted molar refractivity (Wildman–Crippen MR) is 59.6 cm³/mol. The summed E-state index contributed by atoms with van der Waals surface area (Å²) in [7, 11) is -0.762. The number of hydrogen-bond donors (Lipinski definition) is 1. The molecule has 1 aromatic carbocycles. The van der Waals surface area contributed by atoms with E-state index in [9.17, 15) is 8.60 Å². The molecular weight excluding hydrogens is 213 g/mol. The summed E-state index contributed by atoms with van der Waals surface area (Å²) in [6.07, 6.45) is 0. The highest BCUT2D eigenvalue weighted by atomic mass is 32.2. The fourth-order valence-corrected chi connectivity index (χ4v) is 3.31. The summed E-state index contributed by atoms with van der Waals surface area (Å²) in [6, 6.07) is 6.74. The Balaban J connectivity index is 2.16. The van der Waals surface area contributed by atoms with Crippen molar-refractivity contribution in [1.29, 1.82) is 0 Å². The van der Waals surface area contributed by atoms with Gasteiger partial charge in [-0.2, -0.15) is 0 Å². The van der Waals surface area contributed by atoms with E-state index in [0.717, 1.165) is 5.56 Å². The van der Waals surface area contributed by atoms with E-state index in [4.69, 9.17) is 0 Å². The Kier molecular flexibility index (Phi) is 3.17. The number of halogens is 1. The summed E-state index contributed by atoms with van der Waals surface area (Å²) in [4.78, 5) is 0. The molecule has 0 bridgehead atoms. The van der Waals surface area contributed by atoms with E-state index in [0.29, 0.717) is 11.5 Å². The van der Waals surface area contributed by atoms with Gasteiger partial charge in [-0.1, -0.05) is 12.1 Å². The van der Waals surface area contributed by atoms with E-state index in [-0.39, 0.29) is 17.9 Å². The van der Waals surface area contributed by atoms with Gasteiger partial charge in [0.15, 0.2) is 0 Å². The summed E-state index contributed by atoms with van der Waals surface area (Å²) in [5, 5.41) is 3.37. The largest absolute Gasteiger partial charge is 0.306 e. The number of hydrogen-bond acceptors (Lipinski definition) is 2. The first-order chi connectivity index (χ1) is 7.15. The van der Waals surface area contributed by atoms with Crippen LogP contribution in [-0.2, 0) is 10.8 Å². The van der Waals surface area contributed by atoms with Crippen LogP contribution in [0.4, 0.5) is 4.39 Å². The van der Waals surface area contributed by atoms with Crippen molar-refractivity contribution in [1.82, 2.24) is 5.32 Å². The molecule has 3 atom stereocenters. The van der Waals surface area contributed by atoms with Crippen LogP contribution >= 0.6 is 0 Å². The molecule has 3 unspecified atom stereocenters. The molecule has 0 aromatic heterocycles. The summed E-state index contributed by atoms with van der Waals surface area (Å²) in [6.45, 7) is 2.02. The standard InChI is InChI=1S/C11H14FNOS/c1-8-6-15(14)7-11(13-8)9-2-4-10(12)5-3-9/h2-5,8,11,13H,6-7H2,1H3. The van der Waals surface area contributed by atoms with Crippen LogP contribution in [0.25, 0.3) is 0 Å². The summed E-state index contributed by atoms with van der Waals surface area (Å²) in [5.41, 5.74) is 1.01. The highest BCUT2D eigenvalue weighted by Crippen LogP contribution is 2.19. The second kappa shape index (κ2) is 4.41. The molecule has 0 radical (unpaired) electrons. The number of rotatable bonds is 1. The third-order valence-corrected chi connectivity index (χ3v) is 4.12. The lowest BCUT2D eigenvalue weighted by Crippen LogP contribution is -2.43. The van der Waals surface area contributed by atoms with Gasteiger partial charge in [-0.05, 0) is 24.6 Å². The minimum Gasteiger partial charge on any atom is -0.306 e. The predicted octanol–water partition coefficient (Wildman–Crippen LogP) is 1.61. The second-order valence-electron chi connectivity index (χ2n) is 3.95. The molecule has 1 aliphatic rings. The molecule has 4 heteroatoms. The maximum absolute atomic E-state index is 12.7. The van der Waals surface area contributed by atoms with Crippen LogP contribution in [0, 0.1) is 5.82 Å². The van der Waals surface area contributed by atoms with E-state index in [2.05, 4.69) is 5.32 Å². The Labute approximate surface area is 91.3 Å². The molecule has 1 saturated heterocycles. The maximum atomic E-state index is 12.7. The molecule has 1 fully saturated rings. The van der Waals surface area contributed by atoms with Crippen LogP contribution < -0.4 is 5.32 Å². The smallest absolute Gasteiger partial charge is 0.123 e. The van der Waals surface area contributed by atoms with Crippen molar-refractivity contribution in [2.75, 3.05) is 11.5 Å². The van der Waals surface area contributed by atoms with Crippen LogP contribution in [0.1, 0.15) is 18.5 Å². The van der Waals surface area contributed by atoms with Gasteiger partial charge in [-0.3, -0.25) is 4.21 Å². The highest BCUT2D eigenvalue weighted by molar-refractivity contribution is 7.85. The third-order valence-electron chi connectivity index (χ3n) is 2.55. The molecule has 1 heterocycles. The van der Waals surface area contributed by atoms with Crippen molar-refractivity contribution >= 4 is 10.8 Å². The van der Waals surface area contributed by atoms with Gasteiger partial charge in [0.25, 0.3) is 0 Å². The molecule has 2 rings (SSSR count). The lowest BCUT2D eigenvalue weighted by Gasteiger charge is -2.28. The van der Waals surface area contributed by atoms with Crippen molar-refractivity contribution in [3.8, 4) is 0 Å². The maximum Gasteiger partial charge on any atom is 0.123 e. The average Bonchev–Trinajstić information content (AvgIpc) is 2.17. The lowest BCUT2D eigenvalue weighted by atomic mass is 10.1. The van der Waals surface area contributed by atoms with E-state index in [1.165, 1.54) is 12.1 Å². The van der Waals surface area contributed by atoms with Crippen molar-refractivity contribution in [2.45, 2.75) is 19.0 Å². The van der Waals surface area contributed by atoms with Crippen LogP contribution in [0.15, 0.2) is 24.3 Å². The van der Waals surface area contributed by atoms with E-state index >= 15 is 0 Å². The first-order valence-corrected chi connectivity index (χ1v) is 6.50. The molecule has 0 aliphatic carbocycles. The first kappa shape index (κ1) is 10.8. The summed E-state index contributed by atoms with van der Waals surface area (Å²) < 4.78 is 24.2. The zero-order valence-corrected chi connectivity index (χ0v) is 9.39. The fourth-order valence-electron chi connectivity index (χ4n) is 1.86.